The number of anilines is 1. The summed E-state index contributed by atoms with van der Waals surface area (Å²) in [4.78, 5) is 16.3. The topological polar surface area (TPSA) is 60.5 Å². The highest BCUT2D eigenvalue weighted by Crippen LogP contribution is 2.21. The van der Waals surface area contributed by atoms with Crippen molar-refractivity contribution in [3.8, 4) is 11.8 Å². The molecule has 0 atom stereocenters. The molecule has 2 aromatic rings. The van der Waals surface area contributed by atoms with Crippen LogP contribution in [0.15, 0.2) is 36.4 Å². The number of aromatic nitrogens is 1. The lowest BCUT2D eigenvalue weighted by Crippen LogP contribution is -2.14. The fourth-order valence-electron chi connectivity index (χ4n) is 1.70. The minimum absolute atomic E-state index is 0.231. The second kappa shape index (κ2) is 6.06. The molecule has 104 valence electrons. The van der Waals surface area contributed by atoms with Crippen LogP contribution in [0.3, 0.4) is 0 Å². The Bertz CT molecular complexity index is 609. The maximum absolute atomic E-state index is 12.2. The van der Waals surface area contributed by atoms with Gasteiger partial charge in [0.25, 0.3) is 5.91 Å². The molecule has 0 radical (unpaired) electrons. The summed E-state index contributed by atoms with van der Waals surface area (Å²) in [5, 5.41) is 2.80. The molecule has 1 aromatic carbocycles. The highest BCUT2D eigenvalue weighted by molar-refractivity contribution is 6.05. The summed E-state index contributed by atoms with van der Waals surface area (Å²) in [6, 6.07) is 10.8. The molecule has 1 N–H and O–H groups in total. The first-order valence-corrected chi connectivity index (χ1v) is 6.11. The Hall–Kier alpha value is -2.56. The van der Waals surface area contributed by atoms with Gasteiger partial charge in [-0.25, -0.2) is 0 Å². The molecule has 0 saturated heterocycles. The van der Waals surface area contributed by atoms with E-state index in [0.717, 1.165) is 11.3 Å². The van der Waals surface area contributed by atoms with E-state index in [1.165, 1.54) is 14.2 Å². The van der Waals surface area contributed by atoms with Crippen LogP contribution >= 0.6 is 0 Å². The summed E-state index contributed by atoms with van der Waals surface area (Å²) in [6.07, 6.45) is 0. The molecule has 20 heavy (non-hydrogen) atoms. The summed E-state index contributed by atoms with van der Waals surface area (Å²) in [5.41, 5.74) is 2.21. The molecule has 0 unspecified atom stereocenters. The van der Waals surface area contributed by atoms with Gasteiger partial charge in [-0.3, -0.25) is 4.79 Å². The molecule has 5 heteroatoms. The van der Waals surface area contributed by atoms with Crippen LogP contribution in [0.4, 0.5) is 5.69 Å². The maximum atomic E-state index is 12.2. The molecule has 1 aromatic heterocycles. The summed E-state index contributed by atoms with van der Waals surface area (Å²) in [5.74, 6) is 0.351. The normalized spacial score (nSPS) is 9.95. The van der Waals surface area contributed by atoms with Gasteiger partial charge in [-0.15, -0.1) is 0 Å². The SMILES string of the molecule is COc1ccc(C(=O)Nc2ccc(C)cc2)c(OC)n1. The minimum Gasteiger partial charge on any atom is -0.481 e. The molecular formula is C15H16N2O3. The Labute approximate surface area is 117 Å². The van der Waals surface area contributed by atoms with Gasteiger partial charge < -0.3 is 14.8 Å². The lowest BCUT2D eigenvalue weighted by molar-refractivity contribution is 0.102. The number of nitrogens with one attached hydrogen (secondary N) is 1. The molecule has 0 saturated carbocycles. The van der Waals surface area contributed by atoms with Crippen molar-refractivity contribution in [2.75, 3.05) is 19.5 Å². The van der Waals surface area contributed by atoms with Crippen LogP contribution in [0.1, 0.15) is 15.9 Å². The van der Waals surface area contributed by atoms with E-state index in [9.17, 15) is 4.79 Å². The number of methoxy groups -OCH3 is 2. The standard InChI is InChI=1S/C15H16N2O3/c1-10-4-6-11(7-5-10)16-14(18)12-8-9-13(19-2)17-15(12)20-3/h4-9H,1-3H3,(H,16,18). The van der Waals surface area contributed by atoms with Gasteiger partial charge in [-0.2, -0.15) is 4.98 Å². The van der Waals surface area contributed by atoms with Gasteiger partial charge in [0.2, 0.25) is 11.8 Å². The summed E-state index contributed by atoms with van der Waals surface area (Å²) >= 11 is 0. The highest BCUT2D eigenvalue weighted by atomic mass is 16.5. The van der Waals surface area contributed by atoms with Gasteiger partial charge in [0.15, 0.2) is 0 Å². The van der Waals surface area contributed by atoms with Crippen molar-refractivity contribution in [1.82, 2.24) is 4.98 Å². The van der Waals surface area contributed by atoms with Gasteiger partial charge >= 0.3 is 0 Å². The predicted octanol–water partition coefficient (Wildman–Crippen LogP) is 2.66. The highest BCUT2D eigenvalue weighted by Gasteiger charge is 2.14. The number of aryl methyl sites for hydroxylation is 1. The van der Waals surface area contributed by atoms with Crippen molar-refractivity contribution in [2.45, 2.75) is 6.92 Å². The van der Waals surface area contributed by atoms with Crippen molar-refractivity contribution in [1.29, 1.82) is 0 Å². The quantitative estimate of drug-likeness (QED) is 0.929. The zero-order valence-electron chi connectivity index (χ0n) is 11.6. The minimum atomic E-state index is -0.277. The molecule has 0 aliphatic carbocycles. The number of hydrogen-bond donors (Lipinski definition) is 1. The van der Waals surface area contributed by atoms with E-state index in [4.69, 9.17) is 9.47 Å². The van der Waals surface area contributed by atoms with Crippen LogP contribution in [-0.4, -0.2) is 25.1 Å². The monoisotopic (exact) mass is 272 g/mol. The molecule has 1 heterocycles. The Kier molecular flexibility index (Phi) is 4.20. The first kappa shape index (κ1) is 13.9. The average Bonchev–Trinajstić information content (AvgIpc) is 2.48. The zero-order chi connectivity index (χ0) is 14.5. The largest absolute Gasteiger partial charge is 0.481 e. The second-order valence-corrected chi connectivity index (χ2v) is 4.23. The Morgan fingerprint density at radius 2 is 1.75 bits per heavy atom. The van der Waals surface area contributed by atoms with E-state index in [1.807, 2.05) is 31.2 Å². The molecule has 0 bridgehead atoms. The fourth-order valence-corrected chi connectivity index (χ4v) is 1.70. The van der Waals surface area contributed by atoms with E-state index in [1.54, 1.807) is 12.1 Å². The third-order valence-electron chi connectivity index (χ3n) is 2.79. The number of nitrogens with zero attached hydrogens (tertiary/aromatic N) is 1. The Balaban J connectivity index is 2.22. The lowest BCUT2D eigenvalue weighted by Gasteiger charge is -2.09. The fraction of sp³-hybridized carbons (Fsp3) is 0.200. The second-order valence-electron chi connectivity index (χ2n) is 4.23. The number of carbonyl (C=O) groups is 1. The van der Waals surface area contributed by atoms with Gasteiger partial charge in [-0.1, -0.05) is 17.7 Å². The number of benzene rings is 1. The number of pyridine rings is 1. The van der Waals surface area contributed by atoms with E-state index >= 15 is 0 Å². The molecule has 0 aliphatic heterocycles. The molecule has 2 rings (SSSR count). The van der Waals surface area contributed by atoms with Crippen LogP contribution in [0, 0.1) is 6.92 Å². The van der Waals surface area contributed by atoms with Crippen molar-refractivity contribution in [2.24, 2.45) is 0 Å². The first-order valence-electron chi connectivity index (χ1n) is 6.11. The Morgan fingerprint density at radius 1 is 1.05 bits per heavy atom. The van der Waals surface area contributed by atoms with E-state index in [-0.39, 0.29) is 11.8 Å². The zero-order valence-corrected chi connectivity index (χ0v) is 11.6. The van der Waals surface area contributed by atoms with Crippen molar-refractivity contribution in [3.05, 3.63) is 47.5 Å². The number of hydrogen-bond acceptors (Lipinski definition) is 4. The number of ether oxygens (including phenoxy) is 2. The van der Waals surface area contributed by atoms with Crippen LogP contribution in [0.25, 0.3) is 0 Å². The summed E-state index contributed by atoms with van der Waals surface area (Å²) < 4.78 is 10.1. The molecule has 5 nitrogen and oxygen atoms in total. The maximum Gasteiger partial charge on any atom is 0.261 e. The number of rotatable bonds is 4. The molecule has 0 aliphatic rings. The first-order chi connectivity index (χ1) is 9.63. The number of amides is 1. The Morgan fingerprint density at radius 3 is 2.35 bits per heavy atom. The van der Waals surface area contributed by atoms with Crippen LogP contribution in [0.2, 0.25) is 0 Å². The van der Waals surface area contributed by atoms with Crippen LogP contribution in [0.5, 0.6) is 11.8 Å². The van der Waals surface area contributed by atoms with Crippen LogP contribution < -0.4 is 14.8 Å². The van der Waals surface area contributed by atoms with Crippen molar-refractivity contribution >= 4 is 11.6 Å². The van der Waals surface area contributed by atoms with Gasteiger partial charge in [0, 0.05) is 11.8 Å². The predicted molar refractivity (Wildman–Crippen MR) is 76.5 cm³/mol. The summed E-state index contributed by atoms with van der Waals surface area (Å²) in [7, 11) is 2.97. The van der Waals surface area contributed by atoms with Crippen LogP contribution in [-0.2, 0) is 0 Å². The smallest absolute Gasteiger partial charge is 0.261 e. The molecular weight excluding hydrogens is 256 g/mol. The lowest BCUT2D eigenvalue weighted by atomic mass is 10.2. The third-order valence-corrected chi connectivity index (χ3v) is 2.79. The van der Waals surface area contributed by atoms with E-state index < -0.39 is 0 Å². The average molecular weight is 272 g/mol. The van der Waals surface area contributed by atoms with E-state index in [0.29, 0.717) is 11.4 Å². The third kappa shape index (κ3) is 3.06. The van der Waals surface area contributed by atoms with Gasteiger partial charge in [-0.05, 0) is 25.1 Å². The molecule has 0 fully saturated rings. The van der Waals surface area contributed by atoms with Gasteiger partial charge in [0.05, 0.1) is 14.2 Å². The number of carbonyl (C=O) groups excluding carboxylic acids is 1. The summed E-state index contributed by atoms with van der Waals surface area (Å²) in [6.45, 7) is 1.99. The van der Waals surface area contributed by atoms with Crippen molar-refractivity contribution < 1.29 is 14.3 Å². The van der Waals surface area contributed by atoms with Gasteiger partial charge in [0.1, 0.15) is 5.56 Å². The molecule has 0 spiro atoms. The van der Waals surface area contributed by atoms with Crippen molar-refractivity contribution in [3.63, 3.8) is 0 Å². The van der Waals surface area contributed by atoms with E-state index in [2.05, 4.69) is 10.3 Å². The molecule has 1 amide bonds.